The largest absolute Gasteiger partial charge is 0.493 e. The predicted molar refractivity (Wildman–Crippen MR) is 99.9 cm³/mol. The number of methoxy groups -OCH3 is 1. The highest BCUT2D eigenvalue weighted by atomic mass is 32.1. The summed E-state index contributed by atoms with van der Waals surface area (Å²) in [6.45, 7) is 3.16. The first kappa shape index (κ1) is 17.1. The summed E-state index contributed by atoms with van der Waals surface area (Å²) in [5.41, 5.74) is 1.92. The minimum absolute atomic E-state index is 0.0625. The number of fused-ring (bicyclic) bond motifs is 1. The van der Waals surface area contributed by atoms with Crippen LogP contribution in [-0.4, -0.2) is 36.9 Å². The number of carbonyl (C=O) groups is 2. The van der Waals surface area contributed by atoms with Crippen LogP contribution in [-0.2, 0) is 11.3 Å². The van der Waals surface area contributed by atoms with Crippen molar-refractivity contribution in [1.82, 2.24) is 4.90 Å². The summed E-state index contributed by atoms with van der Waals surface area (Å²) < 4.78 is 11.5. The van der Waals surface area contributed by atoms with Crippen LogP contribution in [0.15, 0.2) is 24.3 Å². The number of ketones is 1. The summed E-state index contributed by atoms with van der Waals surface area (Å²) in [4.78, 5) is 27.7. The lowest BCUT2D eigenvalue weighted by molar-refractivity contribution is -0.133. The van der Waals surface area contributed by atoms with E-state index < -0.39 is 0 Å². The lowest BCUT2D eigenvalue weighted by Gasteiger charge is -2.20. The maximum atomic E-state index is 12.5. The molecule has 0 radical (unpaired) electrons. The van der Waals surface area contributed by atoms with Crippen molar-refractivity contribution >= 4 is 23.0 Å². The fraction of sp³-hybridized carbons (Fsp3) is 0.400. The van der Waals surface area contributed by atoms with Gasteiger partial charge in [-0.05, 0) is 49.6 Å². The van der Waals surface area contributed by atoms with Crippen LogP contribution in [0, 0.1) is 5.92 Å². The van der Waals surface area contributed by atoms with Gasteiger partial charge in [0.15, 0.2) is 17.3 Å². The number of carbonyl (C=O) groups excluding carboxylic acids is 2. The maximum absolute atomic E-state index is 12.5. The van der Waals surface area contributed by atoms with E-state index in [1.807, 2.05) is 29.2 Å². The molecule has 1 aromatic carbocycles. The zero-order chi connectivity index (χ0) is 18.3. The van der Waals surface area contributed by atoms with Gasteiger partial charge < -0.3 is 14.4 Å². The van der Waals surface area contributed by atoms with Crippen molar-refractivity contribution in [1.29, 1.82) is 0 Å². The Labute approximate surface area is 156 Å². The van der Waals surface area contributed by atoms with Gasteiger partial charge >= 0.3 is 0 Å². The topological polar surface area (TPSA) is 55.8 Å². The Balaban J connectivity index is 1.71. The molecule has 2 heterocycles. The number of hydrogen-bond donors (Lipinski definition) is 0. The average molecular weight is 371 g/mol. The molecule has 5 nitrogen and oxygen atoms in total. The van der Waals surface area contributed by atoms with Gasteiger partial charge in [0.1, 0.15) is 6.61 Å². The first-order chi connectivity index (χ1) is 12.6. The summed E-state index contributed by atoms with van der Waals surface area (Å²) in [6.07, 6.45) is 1.99. The molecule has 0 spiro atoms. The number of hydrogen-bond acceptors (Lipinski definition) is 5. The number of thiophene rings is 1. The van der Waals surface area contributed by atoms with Gasteiger partial charge in [0, 0.05) is 22.9 Å². The number of Topliss-reactive ketones (excluding diaryl/α,β-unsaturated/α-hetero) is 1. The highest BCUT2D eigenvalue weighted by Crippen LogP contribution is 2.41. The molecule has 0 saturated heterocycles. The van der Waals surface area contributed by atoms with E-state index in [0.29, 0.717) is 31.2 Å². The zero-order valence-corrected chi connectivity index (χ0v) is 15.7. The molecule has 26 heavy (non-hydrogen) atoms. The fourth-order valence-corrected chi connectivity index (χ4v) is 4.13. The van der Waals surface area contributed by atoms with Crippen LogP contribution in [0.25, 0.3) is 10.4 Å². The molecule has 2 aliphatic rings. The summed E-state index contributed by atoms with van der Waals surface area (Å²) in [6, 6.07) is 7.78. The molecule has 1 aromatic heterocycles. The normalized spacial score (nSPS) is 16.5. The van der Waals surface area contributed by atoms with Crippen molar-refractivity contribution in [3.63, 3.8) is 0 Å². The van der Waals surface area contributed by atoms with Crippen LogP contribution in [0.4, 0.5) is 0 Å². The second-order valence-corrected chi connectivity index (χ2v) is 7.85. The fourth-order valence-electron chi connectivity index (χ4n) is 3.24. The Morgan fingerprint density at radius 2 is 2.08 bits per heavy atom. The lowest BCUT2D eigenvalue weighted by Crippen LogP contribution is -2.33. The summed E-state index contributed by atoms with van der Waals surface area (Å²) in [5, 5.41) is 0. The third-order valence-electron chi connectivity index (χ3n) is 4.80. The van der Waals surface area contributed by atoms with Gasteiger partial charge in [-0.2, -0.15) is 0 Å². The smallest absolute Gasteiger partial charge is 0.226 e. The Hall–Kier alpha value is -2.34. The van der Waals surface area contributed by atoms with Crippen LogP contribution in [0.2, 0.25) is 0 Å². The van der Waals surface area contributed by atoms with Gasteiger partial charge in [0.05, 0.1) is 18.5 Å². The summed E-state index contributed by atoms with van der Waals surface area (Å²) >= 11 is 1.46. The van der Waals surface area contributed by atoms with E-state index in [4.69, 9.17) is 9.47 Å². The molecule has 4 rings (SSSR count). The number of benzene rings is 1. The number of nitrogens with zero attached hydrogens (tertiary/aromatic N) is 1. The van der Waals surface area contributed by atoms with Crippen LogP contribution < -0.4 is 9.47 Å². The first-order valence-electron chi connectivity index (χ1n) is 8.80. The molecule has 0 atom stereocenters. The molecule has 2 aromatic rings. The molecule has 1 saturated carbocycles. The van der Waals surface area contributed by atoms with Gasteiger partial charge in [-0.3, -0.25) is 9.59 Å². The Morgan fingerprint density at radius 1 is 1.27 bits per heavy atom. The van der Waals surface area contributed by atoms with E-state index in [9.17, 15) is 9.59 Å². The summed E-state index contributed by atoms with van der Waals surface area (Å²) in [5.74, 6) is 1.85. The van der Waals surface area contributed by atoms with Gasteiger partial charge in [-0.15, -0.1) is 11.3 Å². The van der Waals surface area contributed by atoms with E-state index in [0.717, 1.165) is 33.7 Å². The highest BCUT2D eigenvalue weighted by Gasteiger charge is 2.34. The molecule has 1 aliphatic heterocycles. The molecule has 0 unspecified atom stereocenters. The van der Waals surface area contributed by atoms with E-state index in [1.54, 1.807) is 14.0 Å². The van der Waals surface area contributed by atoms with Gasteiger partial charge in [0.25, 0.3) is 0 Å². The third kappa shape index (κ3) is 3.21. The molecular weight excluding hydrogens is 350 g/mol. The minimum atomic E-state index is 0.0625. The second-order valence-electron chi connectivity index (χ2n) is 6.77. The highest BCUT2D eigenvalue weighted by molar-refractivity contribution is 7.17. The second kappa shape index (κ2) is 6.76. The quantitative estimate of drug-likeness (QED) is 0.768. The Bertz CT molecular complexity index is 869. The number of amides is 1. The molecule has 136 valence electrons. The monoisotopic (exact) mass is 371 g/mol. The van der Waals surface area contributed by atoms with Gasteiger partial charge in [0.2, 0.25) is 5.91 Å². The van der Waals surface area contributed by atoms with Gasteiger partial charge in [-0.25, -0.2) is 0 Å². The number of ether oxygens (including phenoxy) is 2. The molecule has 0 bridgehead atoms. The average Bonchev–Trinajstić information content (AvgIpc) is 3.40. The molecule has 1 fully saturated rings. The van der Waals surface area contributed by atoms with Crippen molar-refractivity contribution < 1.29 is 19.1 Å². The first-order valence-corrected chi connectivity index (χ1v) is 9.62. The van der Waals surface area contributed by atoms with Crippen molar-refractivity contribution in [2.24, 2.45) is 5.92 Å². The van der Waals surface area contributed by atoms with Crippen molar-refractivity contribution in [2.75, 3.05) is 20.3 Å². The van der Waals surface area contributed by atoms with E-state index in [2.05, 4.69) is 0 Å². The molecular formula is C20H21NO4S. The van der Waals surface area contributed by atoms with Crippen molar-refractivity contribution in [2.45, 2.75) is 26.3 Å². The molecule has 0 N–H and O–H groups in total. The molecule has 1 amide bonds. The van der Waals surface area contributed by atoms with Crippen LogP contribution in [0.5, 0.6) is 11.5 Å². The third-order valence-corrected chi connectivity index (χ3v) is 6.03. The van der Waals surface area contributed by atoms with E-state index in [-0.39, 0.29) is 17.6 Å². The van der Waals surface area contributed by atoms with Crippen LogP contribution in [0.1, 0.15) is 35.0 Å². The molecule has 6 heteroatoms. The standard InChI is InChI=1S/C20H21NO4S/c1-12(22)17-5-6-18(26-17)14-9-15-11-21(20(23)13-3-4-13)7-8-25-19(15)16(10-14)24-2/h5-6,9-10,13H,3-4,7-8,11H2,1-2H3. The maximum Gasteiger partial charge on any atom is 0.226 e. The Kier molecular flexibility index (Phi) is 4.44. The Morgan fingerprint density at radius 3 is 2.73 bits per heavy atom. The minimum Gasteiger partial charge on any atom is -0.493 e. The van der Waals surface area contributed by atoms with E-state index in [1.165, 1.54) is 11.3 Å². The van der Waals surface area contributed by atoms with Crippen LogP contribution in [0.3, 0.4) is 0 Å². The zero-order valence-electron chi connectivity index (χ0n) is 14.9. The number of rotatable bonds is 4. The van der Waals surface area contributed by atoms with E-state index >= 15 is 0 Å². The van der Waals surface area contributed by atoms with Crippen molar-refractivity contribution in [3.8, 4) is 21.9 Å². The van der Waals surface area contributed by atoms with Crippen molar-refractivity contribution in [3.05, 3.63) is 34.7 Å². The predicted octanol–water partition coefficient (Wildman–Crippen LogP) is 3.76. The summed E-state index contributed by atoms with van der Waals surface area (Å²) in [7, 11) is 1.62. The lowest BCUT2D eigenvalue weighted by atomic mass is 10.1. The van der Waals surface area contributed by atoms with Gasteiger partial charge in [-0.1, -0.05) is 0 Å². The molecule has 1 aliphatic carbocycles. The van der Waals surface area contributed by atoms with Crippen LogP contribution >= 0.6 is 11.3 Å². The SMILES string of the molecule is COc1cc(-c2ccc(C(C)=O)s2)cc2c1OCCN(C(=O)C1CC1)C2.